The van der Waals surface area contributed by atoms with E-state index in [1.807, 2.05) is 53.6 Å². The van der Waals surface area contributed by atoms with Crippen LogP contribution in [0.15, 0.2) is 0 Å². The molecule has 0 aromatic rings. The van der Waals surface area contributed by atoms with Gasteiger partial charge < -0.3 is 58.5 Å². The van der Waals surface area contributed by atoms with Crippen LogP contribution < -0.4 is 5.32 Å². The highest BCUT2D eigenvalue weighted by Crippen LogP contribution is 2.43. The maximum absolute atomic E-state index is 14.4. The van der Waals surface area contributed by atoms with Gasteiger partial charge in [0.25, 0.3) is 0 Å². The van der Waals surface area contributed by atoms with Crippen LogP contribution in [0.4, 0.5) is 0 Å². The van der Waals surface area contributed by atoms with Crippen LogP contribution in [0.2, 0.25) is 0 Å². The van der Waals surface area contributed by atoms with E-state index in [0.717, 1.165) is 0 Å². The van der Waals surface area contributed by atoms with Crippen LogP contribution >= 0.6 is 0 Å². The van der Waals surface area contributed by atoms with E-state index in [9.17, 15) is 25.2 Å². The Bertz CT molecular complexity index is 1220. The second-order valence-corrected chi connectivity index (χ2v) is 17.9. The molecule has 4 fully saturated rings. The monoisotopic (exact) mass is 775 g/mol. The second kappa shape index (κ2) is 17.9. The van der Waals surface area contributed by atoms with Crippen molar-refractivity contribution >= 4 is 5.97 Å². The van der Waals surface area contributed by atoms with Crippen molar-refractivity contribution in [1.29, 1.82) is 0 Å². The van der Waals surface area contributed by atoms with Crippen molar-refractivity contribution in [3.05, 3.63) is 0 Å². The maximum atomic E-state index is 14.4. The van der Waals surface area contributed by atoms with Crippen molar-refractivity contribution in [2.24, 2.45) is 23.7 Å². The Kier molecular flexibility index (Phi) is 15.1. The highest BCUT2D eigenvalue weighted by molar-refractivity contribution is 5.73. The van der Waals surface area contributed by atoms with Gasteiger partial charge in [-0.2, -0.15) is 0 Å². The summed E-state index contributed by atoms with van der Waals surface area (Å²) in [6, 6.07) is -0.462. The summed E-state index contributed by atoms with van der Waals surface area (Å²) < 4.78 is 44.5. The van der Waals surface area contributed by atoms with E-state index < -0.39 is 89.9 Å². The van der Waals surface area contributed by atoms with Crippen molar-refractivity contribution in [1.82, 2.24) is 10.2 Å². The molecule has 9 unspecified atom stereocenters. The number of fused-ring (bicyclic) bond motifs is 2. The number of carbonyl (C=O) groups excluding carboxylic acids is 1. The lowest BCUT2D eigenvalue weighted by molar-refractivity contribution is -0.318. The van der Waals surface area contributed by atoms with Crippen LogP contribution in [-0.2, 0) is 38.0 Å². The molecule has 4 rings (SSSR count). The van der Waals surface area contributed by atoms with E-state index in [2.05, 4.69) is 12.2 Å². The van der Waals surface area contributed by atoms with Crippen molar-refractivity contribution in [2.45, 2.75) is 205 Å². The number of carbonyl (C=O) groups is 1. The molecule has 5 N–H and O–H groups in total. The van der Waals surface area contributed by atoms with Gasteiger partial charge in [0, 0.05) is 37.5 Å². The number of rotatable bonds is 8. The number of hydrogen-bond donors (Lipinski definition) is 5. The fourth-order valence-electron chi connectivity index (χ4n) is 9.81. The first-order chi connectivity index (χ1) is 25.0. The van der Waals surface area contributed by atoms with Crippen LogP contribution in [0.25, 0.3) is 0 Å². The van der Waals surface area contributed by atoms with Crippen molar-refractivity contribution in [3.8, 4) is 0 Å². The summed E-state index contributed by atoms with van der Waals surface area (Å²) in [4.78, 5) is 16.3. The topological polar surface area (TPSA) is 178 Å². The quantitative estimate of drug-likeness (QED) is 0.228. The first-order valence-corrected chi connectivity index (χ1v) is 20.3. The molecule has 2 bridgehead atoms. The molecule has 14 nitrogen and oxygen atoms in total. The number of methoxy groups -OCH3 is 1. The van der Waals surface area contributed by atoms with Gasteiger partial charge in [-0.3, -0.25) is 10.1 Å². The Morgan fingerprint density at radius 2 is 1.56 bits per heavy atom. The van der Waals surface area contributed by atoms with E-state index in [1.54, 1.807) is 34.6 Å². The minimum absolute atomic E-state index is 0.153. The Labute approximate surface area is 323 Å². The van der Waals surface area contributed by atoms with Gasteiger partial charge >= 0.3 is 5.97 Å². The van der Waals surface area contributed by atoms with E-state index in [4.69, 9.17) is 33.2 Å². The zero-order valence-corrected chi connectivity index (χ0v) is 35.4. The van der Waals surface area contributed by atoms with Crippen LogP contribution in [0.3, 0.4) is 0 Å². The zero-order valence-electron chi connectivity index (χ0n) is 35.4. The molecular formula is C40H74N2O12. The Morgan fingerprint density at radius 3 is 2.13 bits per heavy atom. The molecule has 4 saturated heterocycles. The number of cyclic esters (lactones) is 1. The molecule has 4 aliphatic rings. The van der Waals surface area contributed by atoms with Gasteiger partial charge in [-0.25, -0.2) is 0 Å². The molecule has 20 atom stereocenters. The molecule has 0 aromatic carbocycles. The number of aliphatic hydroxyl groups is 4. The summed E-state index contributed by atoms with van der Waals surface area (Å²) in [6.07, 6.45) is -6.90. The number of ether oxygens (including phenoxy) is 7. The standard InChI is InChI=1S/C40H74N2O12/c1-15-27-40(11,47)35-22(5)30(41-28(16-2)52-35)20(3)18-38(9,46)34(54-37-31(43)26(42(12)13)17-21(4)49-37)23(6)32(24(7)36(45)51-27)53-29-19-39(10,48-14)33(44)25(8)50-29/h20-35,37,41,43-44,46-47H,15-19H2,1-14H3/t20-,21?,22+,23+,24-,25?,26?,27-,28?,29?,30+,31?,32+,33?,34-,35-,37?,38-,39?,40-/m1/s1. The smallest absolute Gasteiger partial charge is 0.311 e. The summed E-state index contributed by atoms with van der Waals surface area (Å²) in [5, 5.41) is 51.2. The number of aliphatic hydroxyl groups excluding tert-OH is 2. The number of nitrogens with one attached hydrogen (secondary N) is 1. The third-order valence-electron chi connectivity index (χ3n) is 13.1. The Balaban J connectivity index is 1.85. The number of nitrogens with zero attached hydrogens (tertiary/aromatic N) is 1. The van der Waals surface area contributed by atoms with E-state index in [0.29, 0.717) is 19.3 Å². The first kappa shape index (κ1) is 45.7. The van der Waals surface area contributed by atoms with Crippen LogP contribution in [0.5, 0.6) is 0 Å². The minimum Gasteiger partial charge on any atom is -0.459 e. The molecule has 0 aliphatic carbocycles. The molecule has 0 saturated carbocycles. The summed E-state index contributed by atoms with van der Waals surface area (Å²) in [5.41, 5.74) is -4.12. The molecule has 0 aromatic heterocycles. The van der Waals surface area contributed by atoms with Crippen molar-refractivity contribution in [2.75, 3.05) is 21.2 Å². The molecule has 0 radical (unpaired) electrons. The van der Waals surface area contributed by atoms with Crippen molar-refractivity contribution in [3.63, 3.8) is 0 Å². The number of hydrogen-bond acceptors (Lipinski definition) is 14. The number of likely N-dealkylation sites (N-methyl/N-ethyl adjacent to an activating group) is 1. The SMILES string of the molecule is CCC1N[C@@H]2[C@H](C)[C@@H](O1)[C@](C)(O)[C@@H](CC)OC(=O)[C@H](C)[C@@H](OC1CC(C)(OC)C(O)C(C)O1)[C@H](C)[C@@H](OC1OC(C)CC(N(C)C)C1O)[C@](C)(O)C[C@H]2C. The first-order valence-electron chi connectivity index (χ1n) is 20.3. The third kappa shape index (κ3) is 9.47. The second-order valence-electron chi connectivity index (χ2n) is 17.9. The Morgan fingerprint density at radius 1 is 0.907 bits per heavy atom. The van der Waals surface area contributed by atoms with Gasteiger partial charge in [-0.1, -0.05) is 34.6 Å². The molecule has 14 heteroatoms. The van der Waals surface area contributed by atoms with Gasteiger partial charge in [0.15, 0.2) is 12.6 Å². The molecule has 54 heavy (non-hydrogen) atoms. The third-order valence-corrected chi connectivity index (χ3v) is 13.1. The summed E-state index contributed by atoms with van der Waals surface area (Å²) in [5.74, 6) is -2.69. The van der Waals surface area contributed by atoms with Gasteiger partial charge in [-0.05, 0) is 87.2 Å². The highest BCUT2D eigenvalue weighted by Gasteiger charge is 2.55. The zero-order chi connectivity index (χ0) is 40.7. The van der Waals surface area contributed by atoms with Gasteiger partial charge in [-0.15, -0.1) is 0 Å². The van der Waals surface area contributed by atoms with E-state index >= 15 is 0 Å². The van der Waals surface area contributed by atoms with E-state index in [-0.39, 0.29) is 49.1 Å². The minimum atomic E-state index is -1.56. The summed E-state index contributed by atoms with van der Waals surface area (Å²) in [7, 11) is 5.33. The van der Waals surface area contributed by atoms with Crippen LogP contribution in [0.1, 0.15) is 108 Å². The number of esters is 1. The lowest BCUT2D eigenvalue weighted by Gasteiger charge is -2.52. The summed E-state index contributed by atoms with van der Waals surface area (Å²) >= 11 is 0. The normalized spacial score (nSPS) is 51.4. The average Bonchev–Trinajstić information content (AvgIpc) is 3.10. The molecule has 0 spiro atoms. The predicted molar refractivity (Wildman–Crippen MR) is 201 cm³/mol. The predicted octanol–water partition coefficient (Wildman–Crippen LogP) is 2.95. The fraction of sp³-hybridized carbons (Fsp3) is 0.975. The molecule has 4 aliphatic heterocycles. The van der Waals surface area contributed by atoms with Gasteiger partial charge in [0.2, 0.25) is 0 Å². The average molecular weight is 775 g/mol. The largest absolute Gasteiger partial charge is 0.459 e. The Hall–Kier alpha value is -1.01. The van der Waals surface area contributed by atoms with Gasteiger partial charge in [0.05, 0.1) is 47.6 Å². The highest BCUT2D eigenvalue weighted by atomic mass is 16.7. The fourth-order valence-corrected chi connectivity index (χ4v) is 9.81. The molecular weight excluding hydrogens is 700 g/mol. The lowest BCUT2D eigenvalue weighted by Crippen LogP contribution is -2.66. The van der Waals surface area contributed by atoms with E-state index in [1.165, 1.54) is 7.11 Å². The summed E-state index contributed by atoms with van der Waals surface area (Å²) in [6.45, 7) is 20.4. The van der Waals surface area contributed by atoms with Gasteiger partial charge in [0.1, 0.15) is 30.1 Å². The maximum Gasteiger partial charge on any atom is 0.311 e. The lowest BCUT2D eigenvalue weighted by atomic mass is 9.71. The molecule has 316 valence electrons. The molecule has 0 amide bonds. The van der Waals surface area contributed by atoms with Crippen molar-refractivity contribution < 1.29 is 58.4 Å². The van der Waals surface area contributed by atoms with Crippen LogP contribution in [0, 0.1) is 23.7 Å². The van der Waals surface area contributed by atoms with Crippen LogP contribution in [-0.4, -0.2) is 149 Å². The molecule has 4 heterocycles.